The zero-order chi connectivity index (χ0) is 14.4. The monoisotopic (exact) mass is 292 g/mol. The lowest BCUT2D eigenvalue weighted by Crippen LogP contribution is -2.45. The molecule has 0 spiro atoms. The van der Waals surface area contributed by atoms with Crippen LogP contribution in [0.3, 0.4) is 0 Å². The average Bonchev–Trinajstić information content (AvgIpc) is 2.56. The molecule has 1 aromatic rings. The van der Waals surface area contributed by atoms with Crippen molar-refractivity contribution in [2.45, 2.75) is 29.5 Å². The smallest absolute Gasteiger partial charge is 0.329 e. The van der Waals surface area contributed by atoms with E-state index in [1.807, 2.05) is 4.98 Å². The maximum absolute atomic E-state index is 14.1. The van der Waals surface area contributed by atoms with Gasteiger partial charge >= 0.3 is 5.69 Å². The van der Waals surface area contributed by atoms with Crippen LogP contribution in [0.1, 0.15) is 10.9 Å². The van der Waals surface area contributed by atoms with Gasteiger partial charge in [-0.05, 0) is 6.92 Å². The van der Waals surface area contributed by atoms with Gasteiger partial charge < -0.3 is 15.3 Å². The Kier molecular flexibility index (Phi) is 3.56. The van der Waals surface area contributed by atoms with Crippen molar-refractivity contribution < 1.29 is 19.7 Å². The first-order valence-corrected chi connectivity index (χ1v) is 6.41. The second kappa shape index (κ2) is 4.75. The van der Waals surface area contributed by atoms with E-state index < -0.39 is 40.4 Å². The lowest BCUT2D eigenvalue weighted by atomic mass is 10.1. The maximum Gasteiger partial charge on any atom is 0.329 e. The van der Waals surface area contributed by atoms with Crippen molar-refractivity contribution >= 4 is 11.8 Å². The third kappa shape index (κ3) is 2.22. The molecule has 2 rings (SSSR count). The van der Waals surface area contributed by atoms with Crippen molar-refractivity contribution in [1.82, 2.24) is 9.55 Å². The van der Waals surface area contributed by atoms with Gasteiger partial charge in [0.25, 0.3) is 11.4 Å². The van der Waals surface area contributed by atoms with Gasteiger partial charge in [0.15, 0.2) is 0 Å². The molecular weight excluding hydrogens is 279 g/mol. The second-order valence-electron chi connectivity index (χ2n) is 4.36. The Morgan fingerprint density at radius 3 is 2.74 bits per heavy atom. The van der Waals surface area contributed by atoms with E-state index in [-0.39, 0.29) is 5.56 Å². The van der Waals surface area contributed by atoms with Crippen molar-refractivity contribution in [3.63, 3.8) is 0 Å². The van der Waals surface area contributed by atoms with E-state index in [1.165, 1.54) is 6.92 Å². The number of aryl methyl sites for hydroxylation is 1. The number of hydrogen-bond acceptors (Lipinski definition) is 6. The summed E-state index contributed by atoms with van der Waals surface area (Å²) in [5, 5.41) is 25.8. The van der Waals surface area contributed by atoms with Crippen LogP contribution in [0.4, 0.5) is 4.39 Å². The number of thioether (sulfide) groups is 1. The van der Waals surface area contributed by atoms with Gasteiger partial charge in [0, 0.05) is 11.8 Å². The molecule has 0 aliphatic carbocycles. The fraction of sp³-hybridized carbons (Fsp3) is 0.600. The van der Waals surface area contributed by atoms with Gasteiger partial charge in [0.1, 0.15) is 11.5 Å². The van der Waals surface area contributed by atoms with Crippen molar-refractivity contribution in [2.24, 2.45) is 0 Å². The summed E-state index contributed by atoms with van der Waals surface area (Å²) in [6, 6.07) is 0. The molecule has 106 valence electrons. The molecule has 2 heterocycles. The molecular formula is C10H13FN2O5S. The molecule has 0 unspecified atom stereocenters. The van der Waals surface area contributed by atoms with Crippen LogP contribution in [0.15, 0.2) is 15.8 Å². The van der Waals surface area contributed by atoms with Crippen LogP contribution in [0.5, 0.6) is 0 Å². The Morgan fingerprint density at radius 1 is 1.58 bits per heavy atom. The van der Waals surface area contributed by atoms with Crippen LogP contribution in [-0.2, 0) is 0 Å². The molecule has 0 bridgehead atoms. The molecule has 0 saturated carbocycles. The lowest BCUT2D eigenvalue weighted by molar-refractivity contribution is -0.173. The normalized spacial score (nSPS) is 34.7. The van der Waals surface area contributed by atoms with E-state index in [1.54, 1.807) is 0 Å². The Bertz CT molecular complexity index is 598. The molecule has 7 nitrogen and oxygen atoms in total. The number of nitrogens with one attached hydrogen (secondary N) is 1. The predicted molar refractivity (Wildman–Crippen MR) is 65.6 cm³/mol. The summed E-state index contributed by atoms with van der Waals surface area (Å²) in [5.41, 5.74) is -1.33. The number of aromatic amines is 1. The number of rotatable bonds is 2. The molecule has 0 aromatic carbocycles. The zero-order valence-electron chi connectivity index (χ0n) is 9.91. The number of nitrogens with zero attached hydrogens (tertiary/aromatic N) is 1. The summed E-state index contributed by atoms with van der Waals surface area (Å²) in [7, 11) is 0. The van der Waals surface area contributed by atoms with Crippen LogP contribution >= 0.6 is 11.8 Å². The molecule has 4 N–H and O–H groups in total. The average molecular weight is 292 g/mol. The molecule has 1 aromatic heterocycles. The van der Waals surface area contributed by atoms with Crippen molar-refractivity contribution in [3.8, 4) is 0 Å². The number of aliphatic hydroxyl groups excluding tert-OH is 2. The Hall–Kier alpha value is -1.16. The van der Waals surface area contributed by atoms with Gasteiger partial charge in [0.2, 0.25) is 0 Å². The largest absolute Gasteiger partial charge is 0.395 e. The van der Waals surface area contributed by atoms with Gasteiger partial charge in [-0.1, -0.05) is 0 Å². The summed E-state index contributed by atoms with van der Waals surface area (Å²) in [5.74, 6) is -3.08. The summed E-state index contributed by atoms with van der Waals surface area (Å²) in [4.78, 5) is 24.9. The molecule has 0 amide bonds. The zero-order valence-corrected chi connectivity index (χ0v) is 10.7. The fourth-order valence-corrected chi connectivity index (χ4v) is 3.28. The van der Waals surface area contributed by atoms with Crippen molar-refractivity contribution in [1.29, 1.82) is 0 Å². The van der Waals surface area contributed by atoms with Gasteiger partial charge in [-0.2, -0.15) is 0 Å². The van der Waals surface area contributed by atoms with Crippen LogP contribution in [0.25, 0.3) is 0 Å². The Labute approximate surface area is 110 Å². The van der Waals surface area contributed by atoms with E-state index in [2.05, 4.69) is 0 Å². The number of alkyl halides is 1. The third-order valence-corrected chi connectivity index (χ3v) is 4.57. The molecule has 1 saturated heterocycles. The standard InChI is InChI=1S/C10H13FN2O5S/c1-4-2-13(9(17)12-7(4)16)8-10(11,18)6(15)5(3-14)19-8/h2,5-6,8,14-15,18H,3H2,1H3,(H,12,16,17)/t5-,6+,8-,10-/m0/s1. The van der Waals surface area contributed by atoms with E-state index in [4.69, 9.17) is 5.11 Å². The molecule has 1 aliphatic heterocycles. The first kappa shape index (κ1) is 14.3. The summed E-state index contributed by atoms with van der Waals surface area (Å²) in [6.07, 6.45) is -0.720. The van der Waals surface area contributed by atoms with Crippen molar-refractivity contribution in [3.05, 3.63) is 32.6 Å². The van der Waals surface area contributed by atoms with E-state index >= 15 is 0 Å². The molecule has 0 radical (unpaired) electrons. The topological polar surface area (TPSA) is 116 Å². The van der Waals surface area contributed by atoms with Crippen LogP contribution in [0, 0.1) is 6.92 Å². The van der Waals surface area contributed by atoms with E-state index in [0.717, 1.165) is 22.5 Å². The third-order valence-electron chi connectivity index (χ3n) is 3.00. The Morgan fingerprint density at radius 2 is 2.21 bits per heavy atom. The number of aliphatic hydroxyl groups is 3. The number of aromatic nitrogens is 2. The molecule has 9 heteroatoms. The van der Waals surface area contributed by atoms with Gasteiger partial charge in [-0.15, -0.1) is 11.8 Å². The molecule has 19 heavy (non-hydrogen) atoms. The fourth-order valence-electron chi connectivity index (χ4n) is 1.91. The van der Waals surface area contributed by atoms with Crippen LogP contribution < -0.4 is 11.2 Å². The van der Waals surface area contributed by atoms with Gasteiger partial charge in [-0.25, -0.2) is 9.18 Å². The first-order valence-electron chi connectivity index (χ1n) is 5.46. The lowest BCUT2D eigenvalue weighted by Gasteiger charge is -2.24. The second-order valence-corrected chi connectivity index (χ2v) is 5.68. The highest BCUT2D eigenvalue weighted by Gasteiger charge is 2.56. The molecule has 1 fully saturated rings. The summed E-state index contributed by atoms with van der Waals surface area (Å²) < 4.78 is 14.9. The van der Waals surface area contributed by atoms with Crippen LogP contribution in [0.2, 0.25) is 0 Å². The minimum atomic E-state index is -3.08. The molecule has 4 atom stereocenters. The minimum absolute atomic E-state index is 0.165. The number of H-pyrrole nitrogens is 1. The van der Waals surface area contributed by atoms with E-state index in [0.29, 0.717) is 0 Å². The predicted octanol–water partition coefficient (Wildman–Crippen LogP) is -1.53. The van der Waals surface area contributed by atoms with Gasteiger partial charge in [-0.3, -0.25) is 14.3 Å². The Balaban J connectivity index is 2.51. The first-order chi connectivity index (χ1) is 8.78. The van der Waals surface area contributed by atoms with Crippen LogP contribution in [-0.4, -0.2) is 48.7 Å². The quantitative estimate of drug-likeness (QED) is 0.526. The molecule has 1 aliphatic rings. The number of halogens is 1. The number of hydrogen-bond donors (Lipinski definition) is 4. The van der Waals surface area contributed by atoms with E-state index in [9.17, 15) is 24.2 Å². The highest BCUT2D eigenvalue weighted by atomic mass is 32.2. The SMILES string of the molecule is Cc1cn([C@H]2S[C@@H](CO)[C@@H](O)[C@@]2(O)F)c(=O)[nH]c1=O. The van der Waals surface area contributed by atoms with Gasteiger partial charge in [0.05, 0.1) is 11.9 Å². The highest BCUT2D eigenvalue weighted by molar-refractivity contribution is 8.00. The minimum Gasteiger partial charge on any atom is -0.395 e. The summed E-state index contributed by atoms with van der Waals surface area (Å²) in [6.45, 7) is 0.872. The summed E-state index contributed by atoms with van der Waals surface area (Å²) >= 11 is 0.723. The highest BCUT2D eigenvalue weighted by Crippen LogP contribution is 2.48. The van der Waals surface area contributed by atoms with Crippen molar-refractivity contribution in [2.75, 3.05) is 6.61 Å². The maximum atomic E-state index is 14.1.